The third-order valence-corrected chi connectivity index (χ3v) is 6.87. The number of hydrogen-bond donors (Lipinski definition) is 1. The number of fused-ring (bicyclic) bond motifs is 1. The molecule has 3 fully saturated rings. The van der Waals surface area contributed by atoms with Gasteiger partial charge in [-0.2, -0.15) is 5.26 Å². The van der Waals surface area contributed by atoms with Crippen LogP contribution in [0.3, 0.4) is 0 Å². The van der Waals surface area contributed by atoms with Crippen LogP contribution >= 0.6 is 0 Å². The Kier molecular flexibility index (Phi) is 5.26. The van der Waals surface area contributed by atoms with E-state index in [9.17, 15) is 10.1 Å². The number of nitrogens with zero attached hydrogens (tertiary/aromatic N) is 5. The molecule has 0 radical (unpaired) electrons. The van der Waals surface area contributed by atoms with E-state index in [1.165, 1.54) is 12.8 Å². The van der Waals surface area contributed by atoms with Crippen molar-refractivity contribution in [2.45, 2.75) is 50.6 Å². The third-order valence-electron chi connectivity index (χ3n) is 6.87. The van der Waals surface area contributed by atoms with Crippen molar-refractivity contribution in [2.75, 3.05) is 31.5 Å². The molecule has 2 aliphatic carbocycles. The molecule has 1 aliphatic heterocycles. The highest BCUT2D eigenvalue weighted by Gasteiger charge is 2.36. The van der Waals surface area contributed by atoms with Crippen LogP contribution in [-0.2, 0) is 4.79 Å². The van der Waals surface area contributed by atoms with Crippen molar-refractivity contribution >= 4 is 22.6 Å². The van der Waals surface area contributed by atoms with Crippen molar-refractivity contribution in [3.63, 3.8) is 0 Å². The maximum atomic E-state index is 12.3. The van der Waals surface area contributed by atoms with Crippen LogP contribution < -0.4 is 5.32 Å². The number of amides is 1. The van der Waals surface area contributed by atoms with Crippen LogP contribution in [0.25, 0.3) is 10.9 Å². The summed E-state index contributed by atoms with van der Waals surface area (Å²) in [5.74, 6) is 1.55. The standard InChI is InChI=1S/C23H28N6O/c24-14-16-1-8-21-20(13-16)22(26-15-25-21)27-18-4-6-19(7-5-18)28-9-11-29(12-10-28)23(30)17-2-3-17/h1,8,13,15,17-19H,2-7,9-12H2,(H,25,26,27)/t18-,19-. The molecule has 0 unspecified atom stereocenters. The second kappa shape index (κ2) is 8.19. The number of carbonyl (C=O) groups is 1. The molecule has 0 atom stereocenters. The molecular formula is C23H28N6O. The van der Waals surface area contributed by atoms with Gasteiger partial charge >= 0.3 is 0 Å². The summed E-state index contributed by atoms with van der Waals surface area (Å²) in [6, 6.07) is 8.75. The number of anilines is 1. The zero-order chi connectivity index (χ0) is 20.5. The van der Waals surface area contributed by atoms with Gasteiger partial charge in [0.2, 0.25) is 5.91 Å². The lowest BCUT2D eigenvalue weighted by Gasteiger charge is -2.42. The Morgan fingerprint density at radius 3 is 2.50 bits per heavy atom. The molecule has 2 saturated carbocycles. The zero-order valence-electron chi connectivity index (χ0n) is 17.3. The highest BCUT2D eigenvalue weighted by Crippen LogP contribution is 2.32. The minimum atomic E-state index is 0.333. The predicted octanol–water partition coefficient (Wildman–Crippen LogP) is 2.78. The minimum absolute atomic E-state index is 0.333. The molecule has 0 bridgehead atoms. The van der Waals surface area contributed by atoms with Gasteiger partial charge in [-0.1, -0.05) is 0 Å². The summed E-state index contributed by atoms with van der Waals surface area (Å²) in [6.45, 7) is 3.80. The van der Waals surface area contributed by atoms with E-state index in [1.54, 1.807) is 12.4 Å². The van der Waals surface area contributed by atoms with Crippen molar-refractivity contribution in [1.29, 1.82) is 5.26 Å². The summed E-state index contributed by atoms with van der Waals surface area (Å²) in [5.41, 5.74) is 1.49. The Morgan fingerprint density at radius 1 is 1.03 bits per heavy atom. The predicted molar refractivity (Wildman–Crippen MR) is 115 cm³/mol. The molecule has 5 rings (SSSR count). The van der Waals surface area contributed by atoms with E-state index in [2.05, 4.69) is 31.2 Å². The van der Waals surface area contributed by atoms with Crippen LogP contribution in [0.5, 0.6) is 0 Å². The van der Waals surface area contributed by atoms with Crippen LogP contribution in [0.1, 0.15) is 44.1 Å². The van der Waals surface area contributed by atoms with Gasteiger partial charge in [0, 0.05) is 49.6 Å². The number of rotatable bonds is 4. The SMILES string of the molecule is N#Cc1ccc2ncnc(N[C@H]3CC[C@H](N4CCN(C(=O)C5CC5)CC4)CC3)c2c1. The Balaban J connectivity index is 1.16. The van der Waals surface area contributed by atoms with Crippen molar-refractivity contribution in [3.05, 3.63) is 30.1 Å². The largest absolute Gasteiger partial charge is 0.367 e. The Bertz CT molecular complexity index is 965. The van der Waals surface area contributed by atoms with Gasteiger partial charge in [-0.15, -0.1) is 0 Å². The molecular weight excluding hydrogens is 376 g/mol. The summed E-state index contributed by atoms with van der Waals surface area (Å²) in [6.07, 6.45) is 8.32. The summed E-state index contributed by atoms with van der Waals surface area (Å²) in [7, 11) is 0. The molecule has 2 aromatic rings. The smallest absolute Gasteiger partial charge is 0.225 e. The van der Waals surface area contributed by atoms with E-state index >= 15 is 0 Å². The molecule has 3 aliphatic rings. The lowest BCUT2D eigenvalue weighted by molar-refractivity contribution is -0.134. The molecule has 1 amide bonds. The number of nitriles is 1. The van der Waals surface area contributed by atoms with Crippen LogP contribution in [0.4, 0.5) is 5.82 Å². The van der Waals surface area contributed by atoms with Crippen molar-refractivity contribution in [2.24, 2.45) is 5.92 Å². The van der Waals surface area contributed by atoms with Gasteiger partial charge in [0.05, 0.1) is 17.1 Å². The fourth-order valence-electron chi connectivity index (χ4n) is 4.92. The summed E-state index contributed by atoms with van der Waals surface area (Å²) < 4.78 is 0. The summed E-state index contributed by atoms with van der Waals surface area (Å²) in [4.78, 5) is 25.7. The van der Waals surface area contributed by atoms with E-state index in [0.29, 0.717) is 29.5 Å². The lowest BCUT2D eigenvalue weighted by atomic mass is 9.89. The molecule has 1 aromatic heterocycles. The van der Waals surface area contributed by atoms with E-state index in [1.807, 2.05) is 12.1 Å². The number of carbonyl (C=O) groups excluding carboxylic acids is 1. The summed E-state index contributed by atoms with van der Waals surface area (Å²) in [5, 5.41) is 13.7. The first-order valence-electron chi connectivity index (χ1n) is 11.2. The highest BCUT2D eigenvalue weighted by molar-refractivity contribution is 5.89. The first-order valence-corrected chi connectivity index (χ1v) is 11.2. The molecule has 7 heteroatoms. The van der Waals surface area contributed by atoms with Gasteiger partial charge in [-0.25, -0.2) is 9.97 Å². The van der Waals surface area contributed by atoms with E-state index < -0.39 is 0 Å². The molecule has 1 N–H and O–H groups in total. The quantitative estimate of drug-likeness (QED) is 0.843. The van der Waals surface area contributed by atoms with Crippen LogP contribution in [0, 0.1) is 17.2 Å². The molecule has 156 valence electrons. The van der Waals surface area contributed by atoms with Crippen LogP contribution in [0.2, 0.25) is 0 Å². The number of hydrogen-bond acceptors (Lipinski definition) is 6. The molecule has 2 heterocycles. The maximum Gasteiger partial charge on any atom is 0.225 e. The second-order valence-corrected chi connectivity index (χ2v) is 8.85. The Morgan fingerprint density at radius 2 is 1.80 bits per heavy atom. The average molecular weight is 405 g/mol. The molecule has 1 aromatic carbocycles. The maximum absolute atomic E-state index is 12.3. The minimum Gasteiger partial charge on any atom is -0.367 e. The second-order valence-electron chi connectivity index (χ2n) is 8.85. The normalized spacial score (nSPS) is 25.1. The van der Waals surface area contributed by atoms with Gasteiger partial charge in [0.15, 0.2) is 0 Å². The van der Waals surface area contributed by atoms with Gasteiger partial charge in [-0.3, -0.25) is 9.69 Å². The van der Waals surface area contributed by atoms with E-state index in [4.69, 9.17) is 0 Å². The fraction of sp³-hybridized carbons (Fsp3) is 0.565. The van der Waals surface area contributed by atoms with Crippen molar-refractivity contribution < 1.29 is 4.79 Å². The number of benzene rings is 1. The average Bonchev–Trinajstić information content (AvgIpc) is 3.65. The zero-order valence-corrected chi connectivity index (χ0v) is 17.3. The van der Waals surface area contributed by atoms with Crippen molar-refractivity contribution in [1.82, 2.24) is 19.8 Å². The van der Waals surface area contributed by atoms with E-state index in [0.717, 1.165) is 68.6 Å². The molecule has 1 saturated heterocycles. The Hall–Kier alpha value is -2.72. The topological polar surface area (TPSA) is 85.2 Å². The molecule has 30 heavy (non-hydrogen) atoms. The number of aromatic nitrogens is 2. The number of piperazine rings is 1. The monoisotopic (exact) mass is 404 g/mol. The van der Waals surface area contributed by atoms with Gasteiger partial charge in [0.25, 0.3) is 0 Å². The van der Waals surface area contributed by atoms with Gasteiger partial charge in [-0.05, 0) is 56.7 Å². The summed E-state index contributed by atoms with van der Waals surface area (Å²) >= 11 is 0. The number of nitrogens with one attached hydrogen (secondary N) is 1. The third kappa shape index (κ3) is 3.97. The molecule has 7 nitrogen and oxygen atoms in total. The van der Waals surface area contributed by atoms with Gasteiger partial charge < -0.3 is 10.2 Å². The fourth-order valence-corrected chi connectivity index (χ4v) is 4.92. The first kappa shape index (κ1) is 19.3. The Labute approximate surface area is 177 Å². The van der Waals surface area contributed by atoms with Crippen LogP contribution in [-0.4, -0.2) is 63.9 Å². The van der Waals surface area contributed by atoms with Gasteiger partial charge in [0.1, 0.15) is 12.1 Å². The lowest BCUT2D eigenvalue weighted by Crippen LogP contribution is -2.53. The molecule has 0 spiro atoms. The van der Waals surface area contributed by atoms with Crippen LogP contribution in [0.15, 0.2) is 24.5 Å². The highest BCUT2D eigenvalue weighted by atomic mass is 16.2. The first-order chi connectivity index (χ1) is 14.7. The van der Waals surface area contributed by atoms with E-state index in [-0.39, 0.29) is 0 Å². The van der Waals surface area contributed by atoms with Crippen molar-refractivity contribution in [3.8, 4) is 6.07 Å².